The van der Waals surface area contributed by atoms with Crippen LogP contribution in [-0.2, 0) is 24.2 Å². The highest BCUT2D eigenvalue weighted by atomic mass is 35.5. The topological polar surface area (TPSA) is 107 Å². The number of carbonyl (C=O) groups excluding carboxylic acids is 2. The Morgan fingerprint density at radius 1 is 1.14 bits per heavy atom. The Morgan fingerprint density at radius 2 is 1.95 bits per heavy atom. The fourth-order valence-electron chi connectivity index (χ4n) is 7.11. The molecule has 4 heterocycles. The summed E-state index contributed by atoms with van der Waals surface area (Å²) < 4.78 is 1.88. The van der Waals surface area contributed by atoms with E-state index < -0.39 is 11.6 Å². The first-order valence-corrected chi connectivity index (χ1v) is 16.0. The summed E-state index contributed by atoms with van der Waals surface area (Å²) in [5.41, 5.74) is 4.29. The second-order valence-electron chi connectivity index (χ2n) is 12.9. The van der Waals surface area contributed by atoms with Gasteiger partial charge in [0, 0.05) is 49.6 Å². The number of fused-ring (bicyclic) bond motifs is 2. The number of aliphatic hydroxyl groups is 1. The van der Waals surface area contributed by atoms with E-state index in [1.165, 1.54) is 11.1 Å². The lowest BCUT2D eigenvalue weighted by molar-refractivity contribution is -0.146. The zero-order valence-corrected chi connectivity index (χ0v) is 26.5. The molecule has 1 aromatic carbocycles. The number of carbonyl (C=O) groups is 2. The third kappa shape index (κ3) is 6.34. The number of benzene rings is 1. The number of pyridine rings is 1. The molecule has 0 spiro atoms. The third-order valence-electron chi connectivity index (χ3n) is 9.09. The van der Waals surface area contributed by atoms with Gasteiger partial charge in [0.1, 0.15) is 11.6 Å². The Bertz CT molecular complexity index is 1530. The first-order chi connectivity index (χ1) is 21.1. The van der Waals surface area contributed by atoms with Gasteiger partial charge in [0.2, 0.25) is 5.91 Å². The molecule has 2 aliphatic heterocycles. The van der Waals surface area contributed by atoms with E-state index in [0.717, 1.165) is 29.8 Å². The predicted octanol–water partition coefficient (Wildman–Crippen LogP) is 3.59. The molecule has 2 N–H and O–H groups in total. The predicted molar refractivity (Wildman–Crippen MR) is 168 cm³/mol. The lowest BCUT2D eigenvalue weighted by Crippen LogP contribution is -2.65. The minimum Gasteiger partial charge on any atom is -0.386 e. The number of likely N-dealkylation sites (tertiary alicyclic amines) is 1. The Morgan fingerprint density at radius 3 is 2.73 bits per heavy atom. The van der Waals surface area contributed by atoms with Crippen molar-refractivity contribution in [2.45, 2.75) is 76.7 Å². The average Bonchev–Trinajstić information content (AvgIpc) is 3.32. The SMILES string of the molecule is Cc1cn(CC2(O)CCCN(C(=O)[C@H]3CN([C@H]4c5ccc(Cl)cc5CCc5cccnc54)CCN3C(=O)NC(C)C)C2)cn1. The van der Waals surface area contributed by atoms with Crippen molar-refractivity contribution in [3.05, 3.63) is 82.2 Å². The molecule has 6 rings (SSSR count). The number of amides is 3. The fraction of sp³-hybridized carbons (Fsp3) is 0.515. The number of imidazole rings is 1. The van der Waals surface area contributed by atoms with Crippen LogP contribution >= 0.6 is 11.6 Å². The van der Waals surface area contributed by atoms with Crippen LogP contribution in [0.3, 0.4) is 0 Å². The number of nitrogens with one attached hydrogen (secondary N) is 1. The smallest absolute Gasteiger partial charge is 0.318 e. The van der Waals surface area contributed by atoms with Gasteiger partial charge in [-0.2, -0.15) is 0 Å². The van der Waals surface area contributed by atoms with Gasteiger partial charge < -0.3 is 24.8 Å². The molecule has 1 unspecified atom stereocenters. The minimum absolute atomic E-state index is 0.0652. The molecule has 0 radical (unpaired) electrons. The maximum Gasteiger partial charge on any atom is 0.318 e. The molecule has 0 saturated carbocycles. The molecule has 2 saturated heterocycles. The number of halogens is 1. The summed E-state index contributed by atoms with van der Waals surface area (Å²) in [5, 5.41) is 15.3. The maximum absolute atomic E-state index is 14.4. The Balaban J connectivity index is 1.31. The van der Waals surface area contributed by atoms with Crippen LogP contribution in [0.15, 0.2) is 49.1 Å². The molecule has 1 aliphatic carbocycles. The second kappa shape index (κ2) is 12.5. The maximum atomic E-state index is 14.4. The van der Waals surface area contributed by atoms with Gasteiger partial charge in [0.25, 0.3) is 0 Å². The first kappa shape index (κ1) is 30.6. The lowest BCUT2D eigenvalue weighted by atomic mass is 9.91. The zero-order valence-electron chi connectivity index (χ0n) is 25.7. The molecule has 44 heavy (non-hydrogen) atoms. The molecule has 0 bridgehead atoms. The number of piperidine rings is 1. The summed E-state index contributed by atoms with van der Waals surface area (Å²) in [7, 11) is 0. The largest absolute Gasteiger partial charge is 0.386 e. The van der Waals surface area contributed by atoms with E-state index in [4.69, 9.17) is 16.6 Å². The summed E-state index contributed by atoms with van der Waals surface area (Å²) >= 11 is 6.44. The highest BCUT2D eigenvalue weighted by molar-refractivity contribution is 6.30. The number of urea groups is 1. The van der Waals surface area contributed by atoms with Crippen LogP contribution in [0, 0.1) is 6.92 Å². The molecule has 2 aromatic heterocycles. The van der Waals surface area contributed by atoms with E-state index in [1.807, 2.05) is 55.9 Å². The molecule has 10 nitrogen and oxygen atoms in total. The molecule has 3 atom stereocenters. The van der Waals surface area contributed by atoms with Gasteiger partial charge in [-0.3, -0.25) is 14.7 Å². The summed E-state index contributed by atoms with van der Waals surface area (Å²) in [6, 6.07) is 8.96. The van der Waals surface area contributed by atoms with Crippen LogP contribution in [0.5, 0.6) is 0 Å². The van der Waals surface area contributed by atoms with Gasteiger partial charge in [0.15, 0.2) is 0 Å². The third-order valence-corrected chi connectivity index (χ3v) is 9.32. The van der Waals surface area contributed by atoms with Crippen molar-refractivity contribution in [1.82, 2.24) is 34.6 Å². The van der Waals surface area contributed by atoms with Crippen molar-refractivity contribution < 1.29 is 14.7 Å². The van der Waals surface area contributed by atoms with Crippen LogP contribution in [0.4, 0.5) is 4.79 Å². The Hall–Kier alpha value is -3.47. The molecule has 234 valence electrons. The van der Waals surface area contributed by atoms with Gasteiger partial charge in [-0.25, -0.2) is 9.78 Å². The highest BCUT2D eigenvalue weighted by Gasteiger charge is 2.44. The van der Waals surface area contributed by atoms with Crippen LogP contribution in [-0.4, -0.2) is 96.7 Å². The van der Waals surface area contributed by atoms with Crippen molar-refractivity contribution in [1.29, 1.82) is 0 Å². The molecular formula is C33H42ClN7O3. The molecule has 3 aliphatic rings. The number of hydrogen-bond donors (Lipinski definition) is 2. The van der Waals surface area contributed by atoms with E-state index >= 15 is 0 Å². The monoisotopic (exact) mass is 619 g/mol. The zero-order chi connectivity index (χ0) is 31.0. The van der Waals surface area contributed by atoms with Gasteiger partial charge in [0.05, 0.1) is 36.8 Å². The number of piperazine rings is 1. The van der Waals surface area contributed by atoms with Crippen molar-refractivity contribution in [3.8, 4) is 0 Å². The standard InChI is InChI=1S/C33H42ClN7O3/c1-22(2)37-32(43)41-15-14-39(30-27-10-9-26(34)16-25(27)8-7-24-6-4-12-35-29(24)30)18-28(41)31(42)40-13-5-11-33(44,20-40)19-38-17-23(3)36-21-38/h4,6,9-10,12,16-17,21-22,28,30,44H,5,7-8,11,13-15,18-20H2,1-3H3,(H,37,43)/t28-,30+,33?/m1/s1. The van der Waals surface area contributed by atoms with E-state index in [9.17, 15) is 14.7 Å². The minimum atomic E-state index is -1.08. The summed E-state index contributed by atoms with van der Waals surface area (Å²) in [6.07, 6.45) is 8.43. The number of rotatable bonds is 5. The molecule has 3 aromatic rings. The van der Waals surface area contributed by atoms with Crippen LogP contribution in [0.25, 0.3) is 0 Å². The van der Waals surface area contributed by atoms with Crippen LogP contribution < -0.4 is 5.32 Å². The van der Waals surface area contributed by atoms with E-state index in [0.29, 0.717) is 50.6 Å². The van der Waals surface area contributed by atoms with Crippen LogP contribution in [0.1, 0.15) is 60.8 Å². The quantitative estimate of drug-likeness (QED) is 0.452. The number of β-amino-alcohol motifs (C(OH)–C–C–N with tert-alkyl or cyclic N) is 1. The van der Waals surface area contributed by atoms with Crippen molar-refractivity contribution in [2.24, 2.45) is 0 Å². The molecule has 11 heteroatoms. The van der Waals surface area contributed by atoms with Crippen molar-refractivity contribution in [3.63, 3.8) is 0 Å². The molecule has 2 fully saturated rings. The summed E-state index contributed by atoms with van der Waals surface area (Å²) in [6.45, 7) is 8.18. The van der Waals surface area contributed by atoms with Gasteiger partial charge in [-0.15, -0.1) is 0 Å². The Kier molecular flexibility index (Phi) is 8.68. The Labute approximate surface area is 264 Å². The van der Waals surface area contributed by atoms with E-state index in [2.05, 4.69) is 27.3 Å². The van der Waals surface area contributed by atoms with E-state index in [-0.39, 0.29) is 30.6 Å². The van der Waals surface area contributed by atoms with Gasteiger partial charge in [-0.05, 0) is 81.3 Å². The van der Waals surface area contributed by atoms with Crippen molar-refractivity contribution >= 4 is 23.5 Å². The van der Waals surface area contributed by atoms with Gasteiger partial charge in [-0.1, -0.05) is 23.7 Å². The lowest BCUT2D eigenvalue weighted by Gasteiger charge is -2.47. The average molecular weight is 620 g/mol. The fourth-order valence-corrected chi connectivity index (χ4v) is 7.31. The van der Waals surface area contributed by atoms with Crippen LogP contribution in [0.2, 0.25) is 5.02 Å². The highest BCUT2D eigenvalue weighted by Crippen LogP contribution is 2.38. The number of aryl methyl sites for hydroxylation is 3. The number of nitrogens with zero attached hydrogens (tertiary/aromatic N) is 6. The van der Waals surface area contributed by atoms with Crippen molar-refractivity contribution in [2.75, 3.05) is 32.7 Å². The summed E-state index contributed by atoms with van der Waals surface area (Å²) in [5.74, 6) is -0.139. The van der Waals surface area contributed by atoms with E-state index in [1.54, 1.807) is 16.1 Å². The molecule has 3 amide bonds. The normalized spacial score (nSPS) is 24.0. The molecular weight excluding hydrogens is 578 g/mol. The first-order valence-electron chi connectivity index (χ1n) is 15.6. The number of aromatic nitrogens is 3. The number of hydrogen-bond acceptors (Lipinski definition) is 6. The second-order valence-corrected chi connectivity index (χ2v) is 13.3. The van der Waals surface area contributed by atoms with Gasteiger partial charge >= 0.3 is 6.03 Å². The summed E-state index contributed by atoms with van der Waals surface area (Å²) in [4.78, 5) is 42.8.